The molecule has 2 rings (SSSR count). The van der Waals surface area contributed by atoms with Crippen molar-refractivity contribution in [3.63, 3.8) is 0 Å². The van der Waals surface area contributed by atoms with Crippen molar-refractivity contribution in [2.24, 2.45) is 11.6 Å². The molecule has 0 bridgehead atoms. The van der Waals surface area contributed by atoms with E-state index in [1.165, 1.54) is 29.4 Å². The maximum atomic E-state index is 13.0. The van der Waals surface area contributed by atoms with Crippen LogP contribution in [-0.2, 0) is 0 Å². The number of hydrazine groups is 1. The van der Waals surface area contributed by atoms with Gasteiger partial charge in [-0.2, -0.15) is 5.26 Å². The van der Waals surface area contributed by atoms with Crippen LogP contribution in [-0.4, -0.2) is 23.0 Å². The summed E-state index contributed by atoms with van der Waals surface area (Å²) < 4.78 is 13.0. The summed E-state index contributed by atoms with van der Waals surface area (Å²) in [7, 11) is 0. The molecule has 1 aromatic carbocycles. The molecule has 1 amide bonds. The van der Waals surface area contributed by atoms with Crippen molar-refractivity contribution in [1.82, 2.24) is 10.3 Å². The van der Waals surface area contributed by atoms with Crippen LogP contribution in [0.5, 0.6) is 0 Å². The maximum Gasteiger partial charge on any atom is 0.251 e. The van der Waals surface area contributed by atoms with Gasteiger partial charge >= 0.3 is 0 Å². The molecule has 0 heterocycles. The smallest absolute Gasteiger partial charge is 0.251 e. The number of hydrogen-bond acceptors (Lipinski definition) is 5. The van der Waals surface area contributed by atoms with Crippen molar-refractivity contribution in [1.29, 1.82) is 5.26 Å². The average molecular weight is 289 g/mol. The molecule has 1 saturated carbocycles. The lowest BCUT2D eigenvalue weighted by atomic mass is 10.2. The van der Waals surface area contributed by atoms with Crippen molar-refractivity contribution in [3.8, 4) is 6.07 Å². The number of nitrogens with two attached hydrogens (primary N) is 2. The summed E-state index contributed by atoms with van der Waals surface area (Å²) >= 11 is 0. The van der Waals surface area contributed by atoms with Crippen LogP contribution in [0, 0.1) is 17.1 Å². The number of benzene rings is 1. The molecule has 1 aliphatic rings. The Morgan fingerprint density at radius 2 is 2.29 bits per heavy atom. The number of nitrogens with zero attached hydrogens (tertiary/aromatic N) is 2. The Kier molecular flexibility index (Phi) is 4.10. The van der Waals surface area contributed by atoms with Gasteiger partial charge in [-0.1, -0.05) is 6.07 Å². The van der Waals surface area contributed by atoms with E-state index in [4.69, 9.17) is 16.8 Å². The Balaban J connectivity index is 1.91. The number of carbonyl (C=O) groups is 1. The van der Waals surface area contributed by atoms with Crippen LogP contribution >= 0.6 is 0 Å². The Bertz CT molecular complexity index is 618. The van der Waals surface area contributed by atoms with E-state index in [1.54, 1.807) is 0 Å². The van der Waals surface area contributed by atoms with E-state index >= 15 is 0 Å². The van der Waals surface area contributed by atoms with Crippen molar-refractivity contribution in [3.05, 3.63) is 47.5 Å². The molecule has 110 valence electrons. The minimum Gasteiger partial charge on any atom is -0.399 e. The minimum atomic E-state index is -0.669. The van der Waals surface area contributed by atoms with Crippen molar-refractivity contribution in [2.45, 2.75) is 18.4 Å². The Morgan fingerprint density at radius 1 is 1.57 bits per heavy atom. The molecule has 7 heteroatoms. The quantitative estimate of drug-likeness (QED) is 0.543. The summed E-state index contributed by atoms with van der Waals surface area (Å²) in [5.74, 6) is 4.84. The zero-order valence-corrected chi connectivity index (χ0v) is 11.3. The van der Waals surface area contributed by atoms with E-state index < -0.39 is 17.3 Å². The topological polar surface area (TPSA) is 108 Å². The van der Waals surface area contributed by atoms with E-state index in [0.29, 0.717) is 18.5 Å². The van der Waals surface area contributed by atoms with Gasteiger partial charge in [0.15, 0.2) is 0 Å². The molecule has 21 heavy (non-hydrogen) atoms. The van der Waals surface area contributed by atoms with E-state index in [9.17, 15) is 9.18 Å². The van der Waals surface area contributed by atoms with Crippen LogP contribution in [0.1, 0.15) is 23.2 Å². The van der Waals surface area contributed by atoms with Gasteiger partial charge in [-0.05, 0) is 31.0 Å². The summed E-state index contributed by atoms with van der Waals surface area (Å²) in [6.45, 7) is 0.0601. The molecule has 5 N–H and O–H groups in total. The Labute approximate surface area is 121 Å². The summed E-state index contributed by atoms with van der Waals surface area (Å²) in [6.07, 6.45) is 2.82. The summed E-state index contributed by atoms with van der Waals surface area (Å²) in [5, 5.41) is 12.8. The zero-order chi connectivity index (χ0) is 15.5. The number of carbonyl (C=O) groups excluding carboxylic acids is 1. The van der Waals surface area contributed by atoms with E-state index in [-0.39, 0.29) is 12.1 Å². The SMILES string of the molecule is N#CC1(N(N)/C=C(\N)CNC(=O)c2cccc(F)c2)CC1. The number of nitrogens with one attached hydrogen (secondary N) is 1. The van der Waals surface area contributed by atoms with Gasteiger partial charge in [-0.25, -0.2) is 10.2 Å². The molecule has 0 atom stereocenters. The van der Waals surface area contributed by atoms with Gasteiger partial charge in [-0.15, -0.1) is 0 Å². The molecule has 0 radical (unpaired) electrons. The molecule has 0 unspecified atom stereocenters. The van der Waals surface area contributed by atoms with Crippen LogP contribution in [0.2, 0.25) is 0 Å². The largest absolute Gasteiger partial charge is 0.399 e. The molecule has 1 fully saturated rings. The predicted octanol–water partition coefficient (Wildman–Crippen LogP) is 0.587. The summed E-state index contributed by atoms with van der Waals surface area (Å²) in [5.41, 5.74) is 5.60. The highest BCUT2D eigenvalue weighted by Crippen LogP contribution is 2.39. The molecular formula is C14H16FN5O. The van der Waals surface area contributed by atoms with Gasteiger partial charge in [-0.3, -0.25) is 9.80 Å². The van der Waals surface area contributed by atoms with Gasteiger partial charge in [0.1, 0.15) is 11.4 Å². The molecule has 6 nitrogen and oxygen atoms in total. The number of amides is 1. The van der Waals surface area contributed by atoms with Gasteiger partial charge < -0.3 is 11.1 Å². The van der Waals surface area contributed by atoms with Crippen LogP contribution < -0.4 is 16.9 Å². The third-order valence-corrected chi connectivity index (χ3v) is 3.27. The van der Waals surface area contributed by atoms with Gasteiger partial charge in [0.05, 0.1) is 12.6 Å². The predicted molar refractivity (Wildman–Crippen MR) is 74.6 cm³/mol. The minimum absolute atomic E-state index is 0.0601. The van der Waals surface area contributed by atoms with E-state index in [0.717, 1.165) is 6.07 Å². The first kappa shape index (κ1) is 14.8. The van der Waals surface area contributed by atoms with Crippen molar-refractivity contribution >= 4 is 5.91 Å². The first-order valence-electron chi connectivity index (χ1n) is 6.42. The second-order valence-corrected chi connectivity index (χ2v) is 4.95. The van der Waals surface area contributed by atoms with Crippen LogP contribution in [0.4, 0.5) is 4.39 Å². The fraction of sp³-hybridized carbons (Fsp3) is 0.286. The van der Waals surface area contributed by atoms with E-state index in [1.807, 2.05) is 0 Å². The molecule has 1 aromatic rings. The third-order valence-electron chi connectivity index (χ3n) is 3.27. The molecular weight excluding hydrogens is 273 g/mol. The lowest BCUT2D eigenvalue weighted by molar-refractivity contribution is 0.0956. The second-order valence-electron chi connectivity index (χ2n) is 4.95. The normalized spacial score (nSPS) is 16.0. The first-order valence-corrected chi connectivity index (χ1v) is 6.42. The highest BCUT2D eigenvalue weighted by Gasteiger charge is 2.47. The zero-order valence-electron chi connectivity index (χ0n) is 11.3. The monoisotopic (exact) mass is 289 g/mol. The first-order chi connectivity index (χ1) is 9.97. The molecule has 0 spiro atoms. The lowest BCUT2D eigenvalue weighted by Gasteiger charge is -2.20. The maximum absolute atomic E-state index is 13.0. The molecule has 0 saturated heterocycles. The fourth-order valence-corrected chi connectivity index (χ4v) is 1.81. The fourth-order valence-electron chi connectivity index (χ4n) is 1.81. The van der Waals surface area contributed by atoms with Gasteiger partial charge in [0, 0.05) is 17.5 Å². The second kappa shape index (κ2) is 5.81. The number of rotatable bonds is 5. The highest BCUT2D eigenvalue weighted by atomic mass is 19.1. The van der Waals surface area contributed by atoms with Gasteiger partial charge in [0.2, 0.25) is 0 Å². The van der Waals surface area contributed by atoms with E-state index in [2.05, 4.69) is 11.4 Å². The van der Waals surface area contributed by atoms with Crippen molar-refractivity contribution in [2.75, 3.05) is 6.54 Å². The van der Waals surface area contributed by atoms with Crippen LogP contribution in [0.3, 0.4) is 0 Å². The molecule has 1 aliphatic carbocycles. The molecule has 0 aromatic heterocycles. The molecule has 0 aliphatic heterocycles. The standard InChI is InChI=1S/C14H16FN5O/c15-11-3-1-2-10(6-11)13(21)19-7-12(17)8-20(18)14(9-16)4-5-14/h1-3,6,8H,4-5,7,17-18H2,(H,19,21)/b12-8-. The number of hydrogen-bond donors (Lipinski definition) is 3. The lowest BCUT2D eigenvalue weighted by Crippen LogP contribution is -2.39. The summed E-state index contributed by atoms with van der Waals surface area (Å²) in [6, 6.07) is 7.48. The highest BCUT2D eigenvalue weighted by molar-refractivity contribution is 5.94. The third kappa shape index (κ3) is 3.49. The Hall–Kier alpha value is -2.59. The van der Waals surface area contributed by atoms with Crippen LogP contribution in [0.15, 0.2) is 36.2 Å². The number of halogens is 1. The number of nitriles is 1. The average Bonchev–Trinajstić information content (AvgIpc) is 3.26. The van der Waals surface area contributed by atoms with Gasteiger partial charge in [0.25, 0.3) is 5.91 Å². The van der Waals surface area contributed by atoms with Crippen molar-refractivity contribution < 1.29 is 9.18 Å². The Morgan fingerprint density at radius 3 is 2.86 bits per heavy atom. The summed E-state index contributed by atoms with van der Waals surface area (Å²) in [4.78, 5) is 11.8. The van der Waals surface area contributed by atoms with Crippen LogP contribution in [0.25, 0.3) is 0 Å².